The SMILES string of the molecule is CCCCCCCCCCCCSCCCCCCCCCCCC.CCC[CH2][Sn+2][CH2]CCC. The van der Waals surface area contributed by atoms with E-state index < -0.39 is 0 Å². The fourth-order valence-corrected chi connectivity index (χ4v) is 9.39. The van der Waals surface area contributed by atoms with Crippen LogP contribution in [0.2, 0.25) is 8.87 Å². The van der Waals surface area contributed by atoms with Crippen LogP contribution in [0.5, 0.6) is 0 Å². The molecule has 0 atom stereocenters. The van der Waals surface area contributed by atoms with Gasteiger partial charge in [0, 0.05) is 0 Å². The van der Waals surface area contributed by atoms with Crippen LogP contribution in [0.4, 0.5) is 0 Å². The second-order valence-corrected chi connectivity index (χ2v) is 15.9. The first-order valence-corrected chi connectivity index (χ1v) is 21.3. The Balaban J connectivity index is 0. The minimum atomic E-state index is 0.149. The average molecular weight is 604 g/mol. The number of hydrogen-bond donors (Lipinski definition) is 0. The van der Waals surface area contributed by atoms with Crippen LogP contribution in [-0.4, -0.2) is 32.6 Å². The van der Waals surface area contributed by atoms with Crippen molar-refractivity contribution in [1.29, 1.82) is 0 Å². The van der Waals surface area contributed by atoms with E-state index in [0.717, 1.165) is 0 Å². The van der Waals surface area contributed by atoms with Gasteiger partial charge in [0.05, 0.1) is 0 Å². The van der Waals surface area contributed by atoms with Crippen LogP contribution in [0.3, 0.4) is 0 Å². The zero-order valence-electron chi connectivity index (χ0n) is 24.7. The van der Waals surface area contributed by atoms with Gasteiger partial charge in [-0.15, -0.1) is 0 Å². The van der Waals surface area contributed by atoms with Crippen molar-refractivity contribution in [3.05, 3.63) is 0 Å². The van der Waals surface area contributed by atoms with Gasteiger partial charge in [-0.05, 0) is 24.3 Å². The molecule has 34 heavy (non-hydrogen) atoms. The van der Waals surface area contributed by atoms with Crippen molar-refractivity contribution in [1.82, 2.24) is 0 Å². The Morgan fingerprint density at radius 2 is 0.588 bits per heavy atom. The van der Waals surface area contributed by atoms with Crippen molar-refractivity contribution in [3.63, 3.8) is 0 Å². The maximum absolute atomic E-state index is 2.30. The molecule has 0 saturated carbocycles. The predicted octanol–water partition coefficient (Wildman–Crippen LogP) is 12.7. The zero-order valence-corrected chi connectivity index (χ0v) is 28.4. The minimum absolute atomic E-state index is 0.149. The van der Waals surface area contributed by atoms with Gasteiger partial charge in [-0.3, -0.25) is 0 Å². The van der Waals surface area contributed by atoms with E-state index >= 15 is 0 Å². The van der Waals surface area contributed by atoms with E-state index in [0.29, 0.717) is 0 Å². The van der Waals surface area contributed by atoms with Crippen molar-refractivity contribution < 1.29 is 0 Å². The summed E-state index contributed by atoms with van der Waals surface area (Å²) < 4.78 is 3.25. The summed E-state index contributed by atoms with van der Waals surface area (Å²) >= 11 is 2.36. The first-order valence-electron chi connectivity index (χ1n) is 16.1. The first-order chi connectivity index (χ1) is 16.8. The van der Waals surface area contributed by atoms with E-state index in [1.54, 1.807) is 8.87 Å². The molecule has 0 aliphatic heterocycles. The molecule has 0 bridgehead atoms. The van der Waals surface area contributed by atoms with Crippen molar-refractivity contribution in [2.24, 2.45) is 0 Å². The molecule has 2 heteroatoms. The Morgan fingerprint density at radius 1 is 0.324 bits per heavy atom. The molecule has 0 fully saturated rings. The third-order valence-corrected chi connectivity index (χ3v) is 11.9. The molecule has 0 aromatic carbocycles. The van der Waals surface area contributed by atoms with Crippen molar-refractivity contribution in [2.75, 3.05) is 11.5 Å². The van der Waals surface area contributed by atoms with Crippen molar-refractivity contribution in [2.45, 2.75) is 191 Å². The molecule has 0 nitrogen and oxygen atoms in total. The Kier molecular flexibility index (Phi) is 42.4. The van der Waals surface area contributed by atoms with Crippen LogP contribution in [-0.2, 0) is 0 Å². The molecule has 0 aromatic rings. The molecule has 0 rings (SSSR count). The number of thioether (sulfide) groups is 1. The molecule has 0 N–H and O–H groups in total. The van der Waals surface area contributed by atoms with Gasteiger partial charge in [0.25, 0.3) is 0 Å². The zero-order chi connectivity index (χ0) is 25.2. The standard InChI is InChI=1S/C24H50S.2C4H9.Sn/c1-3-5-7-9-11-13-15-17-19-21-23-25-24-22-20-18-16-14-12-10-8-6-4-2;2*1-3-4-2;/h3-24H2,1-2H3;2*1,3-4H2,2H3;/q;;;+2. The Morgan fingerprint density at radius 3 is 0.882 bits per heavy atom. The Labute approximate surface area is 234 Å². The summed E-state index contributed by atoms with van der Waals surface area (Å²) in [5.74, 6) is 2.82. The fraction of sp³-hybridized carbons (Fsp3) is 1.00. The maximum atomic E-state index is 2.30. The van der Waals surface area contributed by atoms with Gasteiger partial charge < -0.3 is 0 Å². The van der Waals surface area contributed by atoms with Crippen LogP contribution >= 0.6 is 11.8 Å². The molecule has 0 amide bonds. The van der Waals surface area contributed by atoms with E-state index in [2.05, 4.69) is 39.5 Å². The third kappa shape index (κ3) is 40.3. The van der Waals surface area contributed by atoms with Gasteiger partial charge >= 0.3 is 69.5 Å². The molecule has 0 aliphatic rings. The summed E-state index contributed by atoms with van der Waals surface area (Å²) in [7, 11) is 0. The molecule has 0 spiro atoms. The second-order valence-electron chi connectivity index (χ2n) is 10.4. The molecule has 0 unspecified atom stereocenters. The summed E-state index contributed by atoms with van der Waals surface area (Å²) in [6.45, 7) is 9.18. The van der Waals surface area contributed by atoms with E-state index in [-0.39, 0.29) is 21.1 Å². The topological polar surface area (TPSA) is 0 Å². The molecular formula is C32H68SSn+2. The van der Waals surface area contributed by atoms with Crippen LogP contribution in [0.25, 0.3) is 0 Å². The number of hydrogen-bond acceptors (Lipinski definition) is 1. The summed E-state index contributed by atoms with van der Waals surface area (Å²) in [6, 6.07) is 0. The van der Waals surface area contributed by atoms with Crippen molar-refractivity contribution in [3.8, 4) is 0 Å². The summed E-state index contributed by atoms with van der Waals surface area (Å²) in [4.78, 5) is 0. The van der Waals surface area contributed by atoms with Gasteiger partial charge in [-0.25, -0.2) is 0 Å². The van der Waals surface area contributed by atoms with E-state index in [4.69, 9.17) is 0 Å². The van der Waals surface area contributed by atoms with Crippen LogP contribution < -0.4 is 0 Å². The van der Waals surface area contributed by atoms with Crippen molar-refractivity contribution >= 4 is 32.9 Å². The molecular weight excluding hydrogens is 535 g/mol. The molecule has 0 aliphatic carbocycles. The summed E-state index contributed by atoms with van der Waals surface area (Å²) in [5.41, 5.74) is 0. The van der Waals surface area contributed by atoms with E-state index in [1.807, 2.05) is 0 Å². The van der Waals surface area contributed by atoms with E-state index in [1.165, 1.54) is 166 Å². The summed E-state index contributed by atoms with van der Waals surface area (Å²) in [5, 5.41) is 0. The monoisotopic (exact) mass is 604 g/mol. The van der Waals surface area contributed by atoms with Crippen LogP contribution in [0.15, 0.2) is 0 Å². The molecule has 0 heterocycles. The van der Waals surface area contributed by atoms with Gasteiger partial charge in [0.2, 0.25) is 0 Å². The number of rotatable bonds is 28. The second kappa shape index (κ2) is 38.7. The van der Waals surface area contributed by atoms with Crippen LogP contribution in [0, 0.1) is 0 Å². The first kappa shape index (κ1) is 37.3. The fourth-order valence-electron chi connectivity index (χ4n) is 4.21. The van der Waals surface area contributed by atoms with Crippen LogP contribution in [0.1, 0.15) is 182 Å². The third-order valence-electron chi connectivity index (χ3n) is 6.70. The molecule has 0 aromatic heterocycles. The molecule has 204 valence electrons. The molecule has 0 radical (unpaired) electrons. The van der Waals surface area contributed by atoms with E-state index in [9.17, 15) is 0 Å². The average Bonchev–Trinajstić information content (AvgIpc) is 2.85. The van der Waals surface area contributed by atoms with Gasteiger partial charge in [0.1, 0.15) is 0 Å². The normalized spacial score (nSPS) is 10.7. The Bertz CT molecular complexity index is 279. The predicted molar refractivity (Wildman–Crippen MR) is 166 cm³/mol. The number of unbranched alkanes of at least 4 members (excludes halogenated alkanes) is 20. The van der Waals surface area contributed by atoms with Gasteiger partial charge in [-0.2, -0.15) is 11.8 Å². The Hall–Kier alpha value is 1.15. The molecule has 0 saturated heterocycles. The quantitative estimate of drug-likeness (QED) is 0.0633. The van der Waals surface area contributed by atoms with Gasteiger partial charge in [-0.1, -0.05) is 129 Å². The van der Waals surface area contributed by atoms with Gasteiger partial charge in [0.15, 0.2) is 0 Å². The summed E-state index contributed by atoms with van der Waals surface area (Å²) in [6.07, 6.45) is 35.0.